The minimum atomic E-state index is 1.13. The third-order valence-corrected chi connectivity index (χ3v) is 4.59. The first-order valence-electron chi connectivity index (χ1n) is 8.19. The largest absolute Gasteiger partial charge is 0.388 e. The second-order valence-corrected chi connectivity index (χ2v) is 6.16. The van der Waals surface area contributed by atoms with Gasteiger partial charge < -0.3 is 10.2 Å². The van der Waals surface area contributed by atoms with Crippen LogP contribution in [0.25, 0.3) is 11.1 Å². The second kappa shape index (κ2) is 6.39. The number of benzene rings is 1. The normalized spacial score (nSPS) is 15.0. The highest BCUT2D eigenvalue weighted by molar-refractivity contribution is 5.74. The fourth-order valence-electron chi connectivity index (χ4n) is 3.21. The first-order chi connectivity index (χ1) is 10.7. The number of anilines is 2. The molecule has 1 aliphatic heterocycles. The standard InChI is InChI=1S/C19H25N3/c1-14-7-8-17(20-3)12-18(14)16-11-19(15(2)21-13-16)22-9-5-4-6-10-22/h7-8,11-13,20H,4-6,9-10H2,1-3H3. The molecule has 0 saturated carbocycles. The van der Waals surface area contributed by atoms with E-state index >= 15 is 0 Å². The van der Waals surface area contributed by atoms with Crippen molar-refractivity contribution in [3.05, 3.63) is 41.7 Å². The maximum Gasteiger partial charge on any atom is 0.0606 e. The molecule has 0 atom stereocenters. The van der Waals surface area contributed by atoms with E-state index in [0.717, 1.165) is 24.5 Å². The van der Waals surface area contributed by atoms with Crippen LogP contribution in [0, 0.1) is 13.8 Å². The lowest BCUT2D eigenvalue weighted by Gasteiger charge is -2.30. The van der Waals surface area contributed by atoms with Crippen molar-refractivity contribution < 1.29 is 0 Å². The minimum absolute atomic E-state index is 1.13. The van der Waals surface area contributed by atoms with E-state index < -0.39 is 0 Å². The van der Waals surface area contributed by atoms with Crippen LogP contribution in [0.5, 0.6) is 0 Å². The molecule has 0 spiro atoms. The van der Waals surface area contributed by atoms with Gasteiger partial charge in [-0.25, -0.2) is 0 Å². The number of pyridine rings is 1. The molecular weight excluding hydrogens is 270 g/mol. The van der Waals surface area contributed by atoms with Crippen molar-refractivity contribution in [1.82, 2.24) is 4.98 Å². The summed E-state index contributed by atoms with van der Waals surface area (Å²) in [4.78, 5) is 7.16. The molecule has 1 aromatic heterocycles. The maximum atomic E-state index is 4.67. The van der Waals surface area contributed by atoms with Crippen molar-refractivity contribution in [2.45, 2.75) is 33.1 Å². The Bertz CT molecular complexity index is 658. The van der Waals surface area contributed by atoms with E-state index in [4.69, 9.17) is 0 Å². The zero-order valence-electron chi connectivity index (χ0n) is 13.8. The Morgan fingerprint density at radius 2 is 1.82 bits per heavy atom. The first kappa shape index (κ1) is 14.9. The van der Waals surface area contributed by atoms with Gasteiger partial charge in [-0.05, 0) is 62.4 Å². The SMILES string of the molecule is CNc1ccc(C)c(-c2cnc(C)c(N3CCCCC3)c2)c1. The van der Waals surface area contributed by atoms with E-state index in [2.05, 4.69) is 53.3 Å². The topological polar surface area (TPSA) is 28.2 Å². The average molecular weight is 295 g/mol. The molecule has 0 aliphatic carbocycles. The Labute approximate surface area is 133 Å². The third kappa shape index (κ3) is 2.94. The molecule has 0 bridgehead atoms. The molecule has 1 saturated heterocycles. The molecule has 0 unspecified atom stereocenters. The summed E-state index contributed by atoms with van der Waals surface area (Å²) in [6, 6.07) is 8.81. The van der Waals surface area contributed by atoms with Crippen LogP contribution in [-0.4, -0.2) is 25.1 Å². The highest BCUT2D eigenvalue weighted by atomic mass is 15.1. The molecule has 1 fully saturated rings. The fourth-order valence-corrected chi connectivity index (χ4v) is 3.21. The molecule has 2 heterocycles. The van der Waals surface area contributed by atoms with Crippen molar-refractivity contribution in [2.75, 3.05) is 30.4 Å². The van der Waals surface area contributed by atoms with Crippen LogP contribution in [0.2, 0.25) is 0 Å². The lowest BCUT2D eigenvalue weighted by Crippen LogP contribution is -2.30. The summed E-state index contributed by atoms with van der Waals surface area (Å²) < 4.78 is 0. The summed E-state index contributed by atoms with van der Waals surface area (Å²) in [5.74, 6) is 0. The summed E-state index contributed by atoms with van der Waals surface area (Å²) in [7, 11) is 1.96. The van der Waals surface area contributed by atoms with Gasteiger partial charge in [0.15, 0.2) is 0 Å². The van der Waals surface area contributed by atoms with Gasteiger partial charge in [-0.1, -0.05) is 6.07 Å². The van der Waals surface area contributed by atoms with Gasteiger partial charge in [-0.2, -0.15) is 0 Å². The van der Waals surface area contributed by atoms with Crippen molar-refractivity contribution in [3.63, 3.8) is 0 Å². The quantitative estimate of drug-likeness (QED) is 0.910. The van der Waals surface area contributed by atoms with Crippen molar-refractivity contribution in [3.8, 4) is 11.1 Å². The number of aryl methyl sites for hydroxylation is 2. The summed E-state index contributed by atoms with van der Waals surface area (Å²) >= 11 is 0. The lowest BCUT2D eigenvalue weighted by atomic mass is 10.00. The van der Waals surface area contributed by atoms with Crippen molar-refractivity contribution in [1.29, 1.82) is 0 Å². The van der Waals surface area contributed by atoms with Gasteiger partial charge in [0.2, 0.25) is 0 Å². The van der Waals surface area contributed by atoms with E-state index in [1.165, 1.54) is 41.6 Å². The summed E-state index contributed by atoms with van der Waals surface area (Å²) in [5, 5.41) is 3.22. The number of aromatic nitrogens is 1. The Morgan fingerprint density at radius 1 is 1.05 bits per heavy atom. The molecule has 1 aromatic carbocycles. The maximum absolute atomic E-state index is 4.67. The van der Waals surface area contributed by atoms with E-state index in [-0.39, 0.29) is 0 Å². The number of nitrogens with one attached hydrogen (secondary N) is 1. The molecule has 22 heavy (non-hydrogen) atoms. The molecule has 3 heteroatoms. The number of rotatable bonds is 3. The van der Waals surface area contributed by atoms with Crippen LogP contribution < -0.4 is 10.2 Å². The Balaban J connectivity index is 2.01. The zero-order valence-corrected chi connectivity index (χ0v) is 13.8. The molecule has 1 aliphatic rings. The number of hydrogen-bond donors (Lipinski definition) is 1. The average Bonchev–Trinajstić information content (AvgIpc) is 2.57. The van der Waals surface area contributed by atoms with E-state index in [0.29, 0.717) is 0 Å². The number of piperidine rings is 1. The number of hydrogen-bond acceptors (Lipinski definition) is 3. The smallest absolute Gasteiger partial charge is 0.0606 e. The van der Waals surface area contributed by atoms with Gasteiger partial charge in [0, 0.05) is 37.6 Å². The molecule has 116 valence electrons. The second-order valence-electron chi connectivity index (χ2n) is 6.16. The van der Waals surface area contributed by atoms with Crippen molar-refractivity contribution >= 4 is 11.4 Å². The third-order valence-electron chi connectivity index (χ3n) is 4.59. The summed E-state index contributed by atoms with van der Waals surface area (Å²) in [6.45, 7) is 6.59. The van der Waals surface area contributed by atoms with Crippen molar-refractivity contribution in [2.24, 2.45) is 0 Å². The molecule has 0 radical (unpaired) electrons. The molecule has 0 amide bonds. The molecule has 1 N–H and O–H groups in total. The minimum Gasteiger partial charge on any atom is -0.388 e. The van der Waals surface area contributed by atoms with Gasteiger partial charge in [0.1, 0.15) is 0 Å². The lowest BCUT2D eigenvalue weighted by molar-refractivity contribution is 0.576. The van der Waals surface area contributed by atoms with Gasteiger partial charge >= 0.3 is 0 Å². The highest BCUT2D eigenvalue weighted by Crippen LogP contribution is 2.31. The Morgan fingerprint density at radius 3 is 2.55 bits per heavy atom. The van der Waals surface area contributed by atoms with Crippen LogP contribution in [0.4, 0.5) is 11.4 Å². The molecular formula is C19H25N3. The highest BCUT2D eigenvalue weighted by Gasteiger charge is 2.15. The van der Waals surface area contributed by atoms with Gasteiger partial charge in [0.25, 0.3) is 0 Å². The van der Waals surface area contributed by atoms with Crippen LogP contribution in [0.1, 0.15) is 30.5 Å². The summed E-state index contributed by atoms with van der Waals surface area (Å²) in [5.41, 5.74) is 7.33. The van der Waals surface area contributed by atoms with E-state index in [1.807, 2.05) is 13.2 Å². The fraction of sp³-hybridized carbons (Fsp3) is 0.421. The van der Waals surface area contributed by atoms with Crippen LogP contribution in [-0.2, 0) is 0 Å². The Hall–Kier alpha value is -2.03. The van der Waals surface area contributed by atoms with Crippen LogP contribution in [0.15, 0.2) is 30.5 Å². The first-order valence-corrected chi connectivity index (χ1v) is 8.19. The number of nitrogens with zero attached hydrogens (tertiary/aromatic N) is 2. The molecule has 3 nitrogen and oxygen atoms in total. The van der Waals surface area contributed by atoms with Gasteiger partial charge in [-0.15, -0.1) is 0 Å². The Kier molecular flexibility index (Phi) is 4.32. The van der Waals surface area contributed by atoms with Gasteiger partial charge in [-0.3, -0.25) is 4.98 Å². The monoisotopic (exact) mass is 295 g/mol. The predicted molar refractivity (Wildman–Crippen MR) is 94.8 cm³/mol. The zero-order chi connectivity index (χ0) is 15.5. The summed E-state index contributed by atoms with van der Waals surface area (Å²) in [6.07, 6.45) is 5.94. The predicted octanol–water partition coefficient (Wildman–Crippen LogP) is 4.40. The van der Waals surface area contributed by atoms with E-state index in [9.17, 15) is 0 Å². The molecule has 2 aromatic rings. The molecule has 3 rings (SSSR count). The van der Waals surface area contributed by atoms with Gasteiger partial charge in [0.05, 0.1) is 11.4 Å². The van der Waals surface area contributed by atoms with E-state index in [1.54, 1.807) is 0 Å². The van der Waals surface area contributed by atoms with Crippen LogP contribution >= 0.6 is 0 Å². The van der Waals surface area contributed by atoms with Crippen LogP contribution in [0.3, 0.4) is 0 Å².